The van der Waals surface area contributed by atoms with Gasteiger partial charge in [-0.1, -0.05) is 44.2 Å². The Labute approximate surface area is 133 Å². The van der Waals surface area contributed by atoms with E-state index >= 15 is 0 Å². The highest BCUT2D eigenvalue weighted by atomic mass is 79.9. The van der Waals surface area contributed by atoms with Crippen molar-refractivity contribution in [2.45, 2.75) is 26.8 Å². The van der Waals surface area contributed by atoms with Crippen LogP contribution in [0.5, 0.6) is 0 Å². The van der Waals surface area contributed by atoms with Gasteiger partial charge in [-0.15, -0.1) is 0 Å². The first-order chi connectivity index (χ1) is 10.1. The molecule has 0 atom stereocenters. The number of nitrogens with one attached hydrogen (secondary N) is 1. The Balaban J connectivity index is 2.01. The van der Waals surface area contributed by atoms with Gasteiger partial charge in [-0.25, -0.2) is 4.68 Å². The molecule has 0 fully saturated rings. The quantitative estimate of drug-likeness (QED) is 0.870. The zero-order chi connectivity index (χ0) is 15.2. The number of hydrogen-bond acceptors (Lipinski definition) is 3. The van der Waals surface area contributed by atoms with E-state index in [0.29, 0.717) is 16.9 Å². The zero-order valence-corrected chi connectivity index (χ0v) is 13.9. The molecule has 21 heavy (non-hydrogen) atoms. The minimum absolute atomic E-state index is 0.0894. The van der Waals surface area contributed by atoms with Crippen LogP contribution in [0.1, 0.15) is 19.4 Å². The van der Waals surface area contributed by atoms with Crippen molar-refractivity contribution in [3.63, 3.8) is 0 Å². The van der Waals surface area contributed by atoms with Crippen LogP contribution in [0, 0.1) is 5.92 Å². The molecule has 0 saturated heterocycles. The van der Waals surface area contributed by atoms with Crippen LogP contribution in [-0.4, -0.2) is 16.3 Å². The molecule has 4 nitrogen and oxygen atoms in total. The Kier molecular flexibility index (Phi) is 5.56. The van der Waals surface area contributed by atoms with Crippen LogP contribution in [-0.2, 0) is 13.0 Å². The second kappa shape index (κ2) is 7.41. The lowest BCUT2D eigenvalue weighted by Gasteiger charge is -2.11. The molecule has 1 N–H and O–H groups in total. The highest BCUT2D eigenvalue weighted by Crippen LogP contribution is 2.16. The summed E-state index contributed by atoms with van der Waals surface area (Å²) in [7, 11) is 0. The van der Waals surface area contributed by atoms with Crippen molar-refractivity contribution >= 4 is 21.6 Å². The predicted molar refractivity (Wildman–Crippen MR) is 89.7 cm³/mol. The van der Waals surface area contributed by atoms with E-state index in [1.807, 2.05) is 18.2 Å². The molecule has 0 unspecified atom stereocenters. The van der Waals surface area contributed by atoms with E-state index in [4.69, 9.17) is 0 Å². The van der Waals surface area contributed by atoms with E-state index in [9.17, 15) is 4.79 Å². The second-order valence-corrected chi connectivity index (χ2v) is 6.21. The number of hydrogen-bond donors (Lipinski definition) is 1. The van der Waals surface area contributed by atoms with E-state index in [-0.39, 0.29) is 5.56 Å². The number of benzene rings is 1. The van der Waals surface area contributed by atoms with Crippen molar-refractivity contribution in [2.75, 3.05) is 11.9 Å². The third-order valence-electron chi connectivity index (χ3n) is 3.09. The molecule has 0 radical (unpaired) electrons. The van der Waals surface area contributed by atoms with Crippen molar-refractivity contribution < 1.29 is 0 Å². The number of rotatable bonds is 6. The largest absolute Gasteiger partial charge is 0.382 e. The maximum absolute atomic E-state index is 12.2. The predicted octanol–water partition coefficient (Wildman–Crippen LogP) is 3.32. The minimum atomic E-state index is -0.0894. The lowest BCUT2D eigenvalue weighted by molar-refractivity contribution is 0.462. The van der Waals surface area contributed by atoms with Crippen LogP contribution < -0.4 is 10.9 Å². The summed E-state index contributed by atoms with van der Waals surface area (Å²) in [6.07, 6.45) is 2.61. The third kappa shape index (κ3) is 4.43. The third-order valence-corrected chi connectivity index (χ3v) is 3.86. The summed E-state index contributed by atoms with van der Waals surface area (Å²) in [6, 6.07) is 10.2. The molecule has 0 bridgehead atoms. The van der Waals surface area contributed by atoms with Crippen molar-refractivity contribution in [3.05, 3.63) is 56.9 Å². The van der Waals surface area contributed by atoms with Crippen molar-refractivity contribution in [3.8, 4) is 0 Å². The van der Waals surface area contributed by atoms with Gasteiger partial charge in [0, 0.05) is 13.1 Å². The van der Waals surface area contributed by atoms with E-state index in [1.54, 1.807) is 6.20 Å². The average Bonchev–Trinajstić information content (AvgIpc) is 2.47. The molecule has 0 spiro atoms. The summed E-state index contributed by atoms with van der Waals surface area (Å²) in [4.78, 5) is 12.2. The van der Waals surface area contributed by atoms with Gasteiger partial charge in [-0.3, -0.25) is 4.79 Å². The SMILES string of the molecule is CC(C)Cn1ncc(NCCc2ccccc2)c(Br)c1=O. The highest BCUT2D eigenvalue weighted by Gasteiger charge is 2.09. The van der Waals surface area contributed by atoms with E-state index < -0.39 is 0 Å². The fourth-order valence-corrected chi connectivity index (χ4v) is 2.50. The molecular weight excluding hydrogens is 330 g/mol. The Morgan fingerprint density at radius 2 is 2.00 bits per heavy atom. The van der Waals surface area contributed by atoms with Gasteiger partial charge in [0.2, 0.25) is 0 Å². The van der Waals surface area contributed by atoms with Crippen LogP contribution in [0.3, 0.4) is 0 Å². The van der Waals surface area contributed by atoms with Gasteiger partial charge in [0.15, 0.2) is 0 Å². The van der Waals surface area contributed by atoms with Crippen LogP contribution in [0.25, 0.3) is 0 Å². The van der Waals surface area contributed by atoms with Gasteiger partial charge in [0.05, 0.1) is 11.9 Å². The fourth-order valence-electron chi connectivity index (χ4n) is 2.05. The Morgan fingerprint density at radius 3 is 2.67 bits per heavy atom. The molecule has 5 heteroatoms. The van der Waals surface area contributed by atoms with E-state index in [2.05, 4.69) is 52.3 Å². The summed E-state index contributed by atoms with van der Waals surface area (Å²) >= 11 is 3.37. The summed E-state index contributed by atoms with van der Waals surface area (Å²) in [5, 5.41) is 7.48. The van der Waals surface area contributed by atoms with Crippen molar-refractivity contribution in [2.24, 2.45) is 5.92 Å². The monoisotopic (exact) mass is 349 g/mol. The van der Waals surface area contributed by atoms with Crippen molar-refractivity contribution in [1.29, 1.82) is 0 Å². The van der Waals surface area contributed by atoms with Crippen LogP contribution in [0.15, 0.2) is 45.8 Å². The summed E-state index contributed by atoms with van der Waals surface area (Å²) in [5.41, 5.74) is 1.92. The summed E-state index contributed by atoms with van der Waals surface area (Å²) in [5.74, 6) is 0.388. The number of nitrogens with zero attached hydrogens (tertiary/aromatic N) is 2. The number of aromatic nitrogens is 2. The fraction of sp³-hybridized carbons (Fsp3) is 0.375. The molecule has 112 valence electrons. The lowest BCUT2D eigenvalue weighted by Crippen LogP contribution is -2.26. The van der Waals surface area contributed by atoms with Crippen LogP contribution in [0.2, 0.25) is 0 Å². The molecule has 0 amide bonds. The molecule has 0 aliphatic carbocycles. The molecule has 0 aliphatic heterocycles. The lowest BCUT2D eigenvalue weighted by atomic mass is 10.1. The van der Waals surface area contributed by atoms with Gasteiger partial charge in [-0.2, -0.15) is 5.10 Å². The topological polar surface area (TPSA) is 46.9 Å². The molecule has 0 saturated carbocycles. The maximum Gasteiger partial charge on any atom is 0.283 e. The Morgan fingerprint density at radius 1 is 1.29 bits per heavy atom. The zero-order valence-electron chi connectivity index (χ0n) is 12.3. The van der Waals surface area contributed by atoms with Gasteiger partial charge in [-0.05, 0) is 33.8 Å². The number of anilines is 1. The first kappa shape index (κ1) is 15.8. The second-order valence-electron chi connectivity index (χ2n) is 5.42. The van der Waals surface area contributed by atoms with Gasteiger partial charge >= 0.3 is 0 Å². The normalized spacial score (nSPS) is 10.9. The minimum Gasteiger partial charge on any atom is -0.382 e. The molecule has 1 heterocycles. The first-order valence-corrected chi connectivity index (χ1v) is 7.90. The Bertz CT molecular complexity index is 638. The molecule has 1 aromatic heterocycles. The molecule has 2 rings (SSSR count). The van der Waals surface area contributed by atoms with E-state index in [0.717, 1.165) is 18.7 Å². The summed E-state index contributed by atoms with van der Waals surface area (Å²) in [6.45, 7) is 5.52. The van der Waals surface area contributed by atoms with Gasteiger partial charge in [0.25, 0.3) is 5.56 Å². The summed E-state index contributed by atoms with van der Waals surface area (Å²) < 4.78 is 2.04. The number of halogens is 1. The first-order valence-electron chi connectivity index (χ1n) is 7.11. The van der Waals surface area contributed by atoms with Gasteiger partial charge < -0.3 is 5.32 Å². The highest BCUT2D eigenvalue weighted by molar-refractivity contribution is 9.10. The van der Waals surface area contributed by atoms with E-state index in [1.165, 1.54) is 10.2 Å². The van der Waals surface area contributed by atoms with Crippen LogP contribution >= 0.6 is 15.9 Å². The van der Waals surface area contributed by atoms with Crippen LogP contribution in [0.4, 0.5) is 5.69 Å². The Hall–Kier alpha value is -1.62. The molecule has 1 aromatic carbocycles. The molecule has 2 aromatic rings. The average molecular weight is 350 g/mol. The smallest absolute Gasteiger partial charge is 0.283 e. The molecular formula is C16H20BrN3O. The standard InChI is InChI=1S/C16H20BrN3O/c1-12(2)11-20-16(21)15(17)14(10-19-20)18-9-8-13-6-4-3-5-7-13/h3-7,10,12,18H,8-9,11H2,1-2H3. The molecule has 0 aliphatic rings. The van der Waals surface area contributed by atoms with Crippen molar-refractivity contribution in [1.82, 2.24) is 9.78 Å². The van der Waals surface area contributed by atoms with Gasteiger partial charge in [0.1, 0.15) is 4.47 Å². The maximum atomic E-state index is 12.2.